The molecule has 1 saturated heterocycles. The normalized spacial score (nSPS) is 21.5. The van der Waals surface area contributed by atoms with Crippen molar-refractivity contribution in [2.24, 2.45) is 0 Å². The maximum Gasteiger partial charge on any atom is 0.272 e. The highest BCUT2D eigenvalue weighted by atomic mass is 16.3. The Kier molecular flexibility index (Phi) is 5.13. The van der Waals surface area contributed by atoms with Crippen LogP contribution in [0.15, 0.2) is 18.3 Å². The first-order valence-corrected chi connectivity index (χ1v) is 7.64. The number of nitrogens with zero attached hydrogens (tertiary/aromatic N) is 2. The Morgan fingerprint density at radius 2 is 2.27 bits per heavy atom. The van der Waals surface area contributed by atoms with Crippen molar-refractivity contribution in [2.45, 2.75) is 38.2 Å². The second-order valence-electron chi connectivity index (χ2n) is 5.81. The van der Waals surface area contributed by atoms with Crippen molar-refractivity contribution in [3.05, 3.63) is 29.6 Å². The summed E-state index contributed by atoms with van der Waals surface area (Å²) in [4.78, 5) is 29.8. The Bertz CT molecular complexity index is 561. The van der Waals surface area contributed by atoms with E-state index in [2.05, 4.69) is 10.3 Å². The molecule has 1 aliphatic heterocycles. The van der Waals surface area contributed by atoms with Crippen LogP contribution in [0.5, 0.6) is 0 Å². The minimum Gasteiger partial charge on any atom is -0.388 e. The first-order chi connectivity index (χ1) is 10.5. The molecular formula is C16H23N3O3. The maximum atomic E-state index is 12.6. The summed E-state index contributed by atoms with van der Waals surface area (Å²) in [5, 5.41) is 13.1. The van der Waals surface area contributed by atoms with Crippen LogP contribution in [0.2, 0.25) is 0 Å². The van der Waals surface area contributed by atoms with Crippen LogP contribution in [-0.4, -0.2) is 52.5 Å². The zero-order valence-electron chi connectivity index (χ0n) is 13.1. The molecule has 2 rings (SSSR count). The van der Waals surface area contributed by atoms with Crippen molar-refractivity contribution in [2.75, 3.05) is 20.1 Å². The number of carbonyl (C=O) groups is 2. The molecule has 0 spiro atoms. The number of aryl methyl sites for hydroxylation is 1. The van der Waals surface area contributed by atoms with E-state index in [0.29, 0.717) is 25.1 Å². The van der Waals surface area contributed by atoms with Gasteiger partial charge < -0.3 is 15.3 Å². The predicted octanol–water partition coefficient (Wildman–Crippen LogP) is 0.747. The van der Waals surface area contributed by atoms with E-state index >= 15 is 0 Å². The average molecular weight is 305 g/mol. The third-order valence-corrected chi connectivity index (χ3v) is 4.06. The fourth-order valence-electron chi connectivity index (χ4n) is 2.79. The van der Waals surface area contributed by atoms with Crippen molar-refractivity contribution in [1.29, 1.82) is 0 Å². The molecule has 0 aromatic carbocycles. The lowest BCUT2D eigenvalue weighted by atomic mass is 9.89. The predicted molar refractivity (Wildman–Crippen MR) is 82.4 cm³/mol. The number of nitrogens with one attached hydrogen (secondary N) is 1. The van der Waals surface area contributed by atoms with Gasteiger partial charge in [-0.15, -0.1) is 0 Å². The van der Waals surface area contributed by atoms with Crippen LogP contribution in [0.25, 0.3) is 0 Å². The molecule has 120 valence electrons. The molecule has 0 bridgehead atoms. The molecule has 2 N–H and O–H groups in total. The summed E-state index contributed by atoms with van der Waals surface area (Å²) in [7, 11) is 1.54. The standard InChI is InChI=1S/C16H23N3O3/c1-3-12-5-7-18-13(9-12)15(21)19-8-4-6-16(22,11-19)10-14(20)17-2/h5,7,9,22H,3-4,6,8,10-11H2,1-2H3,(H,17,20). The van der Waals surface area contributed by atoms with Crippen molar-refractivity contribution < 1.29 is 14.7 Å². The molecule has 0 radical (unpaired) electrons. The number of aliphatic hydroxyl groups is 1. The lowest BCUT2D eigenvalue weighted by molar-refractivity contribution is -0.127. The van der Waals surface area contributed by atoms with Crippen LogP contribution < -0.4 is 5.32 Å². The number of hydrogen-bond acceptors (Lipinski definition) is 4. The van der Waals surface area contributed by atoms with E-state index in [1.54, 1.807) is 17.2 Å². The van der Waals surface area contributed by atoms with Crippen molar-refractivity contribution >= 4 is 11.8 Å². The highest BCUT2D eigenvalue weighted by Crippen LogP contribution is 2.25. The van der Waals surface area contributed by atoms with Gasteiger partial charge in [-0.2, -0.15) is 0 Å². The number of aromatic nitrogens is 1. The van der Waals surface area contributed by atoms with E-state index in [4.69, 9.17) is 0 Å². The Morgan fingerprint density at radius 3 is 2.95 bits per heavy atom. The topological polar surface area (TPSA) is 82.5 Å². The fourth-order valence-corrected chi connectivity index (χ4v) is 2.79. The van der Waals surface area contributed by atoms with Gasteiger partial charge in [-0.25, -0.2) is 0 Å². The lowest BCUT2D eigenvalue weighted by Crippen LogP contribution is -2.52. The summed E-state index contributed by atoms with van der Waals surface area (Å²) in [5.74, 6) is -0.409. The Balaban J connectivity index is 2.11. The number of piperidine rings is 1. The molecular weight excluding hydrogens is 282 g/mol. The molecule has 2 amide bonds. The molecule has 22 heavy (non-hydrogen) atoms. The zero-order chi connectivity index (χ0) is 16.2. The first-order valence-electron chi connectivity index (χ1n) is 7.64. The molecule has 0 aliphatic carbocycles. The molecule has 1 atom stereocenters. The van der Waals surface area contributed by atoms with Crippen molar-refractivity contribution in [1.82, 2.24) is 15.2 Å². The summed E-state index contributed by atoms with van der Waals surface area (Å²) < 4.78 is 0. The number of likely N-dealkylation sites (tertiary alicyclic amines) is 1. The van der Waals surface area contributed by atoms with Crippen LogP contribution in [0, 0.1) is 0 Å². The quantitative estimate of drug-likeness (QED) is 0.860. The Hall–Kier alpha value is -1.95. The SMILES string of the molecule is CCc1ccnc(C(=O)N2CCCC(O)(CC(=O)NC)C2)c1. The van der Waals surface area contributed by atoms with E-state index in [0.717, 1.165) is 12.0 Å². The second-order valence-corrected chi connectivity index (χ2v) is 5.81. The summed E-state index contributed by atoms with van der Waals surface area (Å²) in [6.45, 7) is 2.76. The van der Waals surface area contributed by atoms with Gasteiger partial charge in [0.2, 0.25) is 5.91 Å². The van der Waals surface area contributed by atoms with Crippen molar-refractivity contribution in [3.63, 3.8) is 0 Å². The van der Waals surface area contributed by atoms with Crippen molar-refractivity contribution in [3.8, 4) is 0 Å². The van der Waals surface area contributed by atoms with Crippen LogP contribution >= 0.6 is 0 Å². The van der Waals surface area contributed by atoms with Crippen LogP contribution in [0.4, 0.5) is 0 Å². The van der Waals surface area contributed by atoms with Gasteiger partial charge in [0.25, 0.3) is 5.91 Å². The Labute approximate surface area is 130 Å². The molecule has 1 aromatic heterocycles. The van der Waals surface area contributed by atoms with Gasteiger partial charge in [0.1, 0.15) is 5.69 Å². The third-order valence-electron chi connectivity index (χ3n) is 4.06. The largest absolute Gasteiger partial charge is 0.388 e. The minimum absolute atomic E-state index is 0.00963. The van der Waals surface area contributed by atoms with Gasteiger partial charge >= 0.3 is 0 Å². The van der Waals surface area contributed by atoms with Crippen LogP contribution in [0.3, 0.4) is 0 Å². The molecule has 1 aliphatic rings. The molecule has 6 heteroatoms. The van der Waals surface area contributed by atoms with Gasteiger partial charge in [0, 0.05) is 19.8 Å². The number of carbonyl (C=O) groups excluding carboxylic acids is 2. The van der Waals surface area contributed by atoms with Gasteiger partial charge in [-0.3, -0.25) is 14.6 Å². The second kappa shape index (κ2) is 6.87. The van der Waals surface area contributed by atoms with Gasteiger partial charge in [-0.05, 0) is 37.0 Å². The number of rotatable bonds is 4. The molecule has 1 aromatic rings. The van der Waals surface area contributed by atoms with Gasteiger partial charge in [0.05, 0.1) is 18.6 Å². The average Bonchev–Trinajstić information content (AvgIpc) is 2.53. The lowest BCUT2D eigenvalue weighted by Gasteiger charge is -2.38. The molecule has 6 nitrogen and oxygen atoms in total. The maximum absolute atomic E-state index is 12.6. The van der Waals surface area contributed by atoms with E-state index in [1.165, 1.54) is 7.05 Å². The van der Waals surface area contributed by atoms with E-state index < -0.39 is 5.60 Å². The number of pyridine rings is 1. The number of amides is 2. The van der Waals surface area contributed by atoms with E-state index in [9.17, 15) is 14.7 Å². The van der Waals surface area contributed by atoms with Crippen LogP contribution in [-0.2, 0) is 11.2 Å². The summed E-state index contributed by atoms with van der Waals surface area (Å²) in [5.41, 5.74) is 0.288. The summed E-state index contributed by atoms with van der Waals surface area (Å²) in [6.07, 6.45) is 3.67. The first kappa shape index (κ1) is 16.4. The fraction of sp³-hybridized carbons (Fsp3) is 0.562. The summed E-state index contributed by atoms with van der Waals surface area (Å²) in [6, 6.07) is 3.67. The minimum atomic E-state index is -1.16. The van der Waals surface area contributed by atoms with E-state index in [1.807, 2.05) is 13.0 Å². The molecule has 1 unspecified atom stereocenters. The van der Waals surface area contributed by atoms with Crippen LogP contribution in [0.1, 0.15) is 42.2 Å². The Morgan fingerprint density at radius 1 is 1.50 bits per heavy atom. The molecule has 1 fully saturated rings. The molecule has 0 saturated carbocycles. The van der Waals surface area contributed by atoms with E-state index in [-0.39, 0.29) is 24.8 Å². The zero-order valence-corrected chi connectivity index (χ0v) is 13.1. The highest BCUT2D eigenvalue weighted by Gasteiger charge is 2.37. The highest BCUT2D eigenvalue weighted by molar-refractivity contribution is 5.92. The number of β-amino-alcohol motifs (C(OH)–C–C–N with tert-alkyl or cyclic N) is 1. The third kappa shape index (κ3) is 3.82. The molecule has 2 heterocycles. The van der Waals surface area contributed by atoms with Gasteiger partial charge in [0.15, 0.2) is 0 Å². The summed E-state index contributed by atoms with van der Waals surface area (Å²) >= 11 is 0. The number of hydrogen-bond donors (Lipinski definition) is 2. The smallest absolute Gasteiger partial charge is 0.272 e. The van der Waals surface area contributed by atoms with Gasteiger partial charge in [-0.1, -0.05) is 6.92 Å². The monoisotopic (exact) mass is 305 g/mol.